The number of carbonyl (C=O) groups excluding carboxylic acids is 1. The maximum Gasteiger partial charge on any atom is 0.471 e. The van der Waals surface area contributed by atoms with Crippen molar-refractivity contribution >= 4 is 21.8 Å². The number of nitrogen functional groups attached to an aromatic ring is 1. The van der Waals surface area contributed by atoms with Crippen LogP contribution >= 0.6 is 0 Å². The van der Waals surface area contributed by atoms with Gasteiger partial charge in [0.1, 0.15) is 16.5 Å². The minimum absolute atomic E-state index is 0.0429. The number of hydrogen-bond donors (Lipinski definition) is 4. The number of rotatable bonds is 7. The van der Waals surface area contributed by atoms with Crippen LogP contribution in [0.1, 0.15) is 35.4 Å². The highest BCUT2D eigenvalue weighted by Gasteiger charge is 2.43. The van der Waals surface area contributed by atoms with E-state index in [0.29, 0.717) is 19.3 Å². The Morgan fingerprint density at radius 2 is 1.76 bits per heavy atom. The van der Waals surface area contributed by atoms with Crippen molar-refractivity contribution in [2.75, 3.05) is 19.6 Å². The number of aromatic hydroxyl groups is 1. The molecule has 0 atom stereocenters. The van der Waals surface area contributed by atoms with Gasteiger partial charge < -0.3 is 15.7 Å². The highest BCUT2D eigenvalue weighted by molar-refractivity contribution is 7.89. The summed E-state index contributed by atoms with van der Waals surface area (Å²) in [7, 11) is -4.03. The summed E-state index contributed by atoms with van der Waals surface area (Å²) in [5, 5.41) is 17.3. The number of amides is 1. The molecule has 1 heterocycles. The first-order valence-corrected chi connectivity index (χ1v) is 12.0. The average Bonchev–Trinajstić information content (AvgIpc) is 2.78. The summed E-state index contributed by atoms with van der Waals surface area (Å²) >= 11 is 0. The van der Waals surface area contributed by atoms with Gasteiger partial charge in [-0.2, -0.15) is 13.2 Å². The monoisotopic (exact) mass is 498 g/mol. The van der Waals surface area contributed by atoms with Crippen molar-refractivity contribution in [3.8, 4) is 5.75 Å². The van der Waals surface area contributed by atoms with E-state index in [0.717, 1.165) is 28.2 Å². The minimum Gasteiger partial charge on any atom is -0.507 e. The van der Waals surface area contributed by atoms with E-state index in [4.69, 9.17) is 11.1 Å². The highest BCUT2D eigenvalue weighted by atomic mass is 32.2. The molecular formula is C22H25F3N4O4S. The molecule has 1 amide bonds. The van der Waals surface area contributed by atoms with E-state index in [9.17, 15) is 31.5 Å². The van der Waals surface area contributed by atoms with Crippen LogP contribution in [-0.2, 0) is 21.2 Å². The number of likely N-dealkylation sites (tertiary alicyclic amines) is 1. The molecule has 1 aliphatic heterocycles. The maximum absolute atomic E-state index is 12.6. The molecule has 12 heteroatoms. The second-order valence-corrected chi connectivity index (χ2v) is 9.79. The Balaban J connectivity index is 1.55. The molecule has 5 N–H and O–H groups in total. The summed E-state index contributed by atoms with van der Waals surface area (Å²) in [5.41, 5.74) is 7.35. The first-order valence-electron chi connectivity index (χ1n) is 10.5. The molecule has 0 radical (unpaired) electrons. The lowest BCUT2D eigenvalue weighted by Gasteiger charge is -2.32. The summed E-state index contributed by atoms with van der Waals surface area (Å²) in [6, 6.07) is 11.0. The third kappa shape index (κ3) is 6.06. The van der Waals surface area contributed by atoms with Crippen LogP contribution in [0.15, 0.2) is 47.4 Å². The van der Waals surface area contributed by atoms with Crippen LogP contribution in [0.5, 0.6) is 5.75 Å². The van der Waals surface area contributed by atoms with Gasteiger partial charge in [-0.25, -0.2) is 13.1 Å². The Morgan fingerprint density at radius 1 is 1.15 bits per heavy atom. The van der Waals surface area contributed by atoms with Gasteiger partial charge in [-0.05, 0) is 54.5 Å². The van der Waals surface area contributed by atoms with Crippen LogP contribution in [-0.4, -0.2) is 56.0 Å². The van der Waals surface area contributed by atoms with Gasteiger partial charge in [-0.15, -0.1) is 0 Å². The van der Waals surface area contributed by atoms with Crippen LogP contribution < -0.4 is 10.5 Å². The van der Waals surface area contributed by atoms with E-state index in [1.54, 1.807) is 0 Å². The van der Waals surface area contributed by atoms with Gasteiger partial charge in [0.05, 0.1) is 0 Å². The Labute approximate surface area is 195 Å². The van der Waals surface area contributed by atoms with Crippen LogP contribution in [0.2, 0.25) is 0 Å². The second-order valence-electron chi connectivity index (χ2n) is 8.05. The zero-order valence-corrected chi connectivity index (χ0v) is 18.9. The lowest BCUT2D eigenvalue weighted by Crippen LogP contribution is -2.45. The lowest BCUT2D eigenvalue weighted by molar-refractivity contribution is -0.186. The van der Waals surface area contributed by atoms with Crippen LogP contribution in [0.4, 0.5) is 13.2 Å². The Morgan fingerprint density at radius 3 is 2.32 bits per heavy atom. The smallest absolute Gasteiger partial charge is 0.471 e. The molecule has 34 heavy (non-hydrogen) atoms. The van der Waals surface area contributed by atoms with Gasteiger partial charge in [-0.1, -0.05) is 24.3 Å². The molecule has 0 bridgehead atoms. The van der Waals surface area contributed by atoms with Crippen LogP contribution in [0, 0.1) is 5.41 Å². The van der Waals surface area contributed by atoms with E-state index in [1.165, 1.54) is 6.07 Å². The first kappa shape index (κ1) is 25.5. The topological polar surface area (TPSA) is 137 Å². The normalized spacial score (nSPS) is 15.3. The molecule has 1 fully saturated rings. The van der Waals surface area contributed by atoms with E-state index in [2.05, 4.69) is 4.72 Å². The number of nitrogens with one attached hydrogen (secondary N) is 2. The fourth-order valence-electron chi connectivity index (χ4n) is 3.86. The number of hydrogen-bond acceptors (Lipinski definition) is 5. The first-order chi connectivity index (χ1) is 15.9. The van der Waals surface area contributed by atoms with E-state index < -0.39 is 27.9 Å². The van der Waals surface area contributed by atoms with Crippen molar-refractivity contribution in [3.63, 3.8) is 0 Å². The SMILES string of the molecule is N=C(N)c1ccc(O)c(S(=O)(=O)NCCc2ccc(C3CCN(C(=O)C(F)(F)F)CC3)cc2)c1. The van der Waals surface area contributed by atoms with Gasteiger partial charge in [0.2, 0.25) is 10.0 Å². The fraction of sp³-hybridized carbons (Fsp3) is 0.364. The summed E-state index contributed by atoms with van der Waals surface area (Å²) in [4.78, 5) is 11.8. The summed E-state index contributed by atoms with van der Waals surface area (Å²) in [5.74, 6) is -2.54. The van der Waals surface area contributed by atoms with Crippen molar-refractivity contribution < 1.29 is 31.5 Å². The maximum atomic E-state index is 12.6. The van der Waals surface area contributed by atoms with Crippen molar-refractivity contribution in [3.05, 3.63) is 59.2 Å². The Bertz CT molecular complexity index is 1160. The van der Waals surface area contributed by atoms with Gasteiger partial charge in [0, 0.05) is 25.2 Å². The van der Waals surface area contributed by atoms with Crippen LogP contribution in [0.25, 0.3) is 0 Å². The number of benzene rings is 2. The molecule has 0 aliphatic carbocycles. The van der Waals surface area contributed by atoms with Crippen molar-refractivity contribution in [2.45, 2.75) is 36.3 Å². The number of phenols is 1. The van der Waals surface area contributed by atoms with Gasteiger partial charge >= 0.3 is 12.1 Å². The summed E-state index contributed by atoms with van der Waals surface area (Å²) in [6.45, 7) is 0.151. The number of sulfonamides is 1. The number of halogens is 3. The van der Waals surface area contributed by atoms with Crippen molar-refractivity contribution in [1.29, 1.82) is 5.41 Å². The molecule has 184 valence electrons. The van der Waals surface area contributed by atoms with E-state index in [-0.39, 0.29) is 41.8 Å². The predicted octanol–water partition coefficient (Wildman–Crippen LogP) is 2.47. The molecule has 0 unspecified atom stereocenters. The third-order valence-electron chi connectivity index (χ3n) is 5.74. The van der Waals surface area contributed by atoms with Crippen molar-refractivity contribution in [2.24, 2.45) is 5.73 Å². The minimum atomic E-state index is -4.86. The van der Waals surface area contributed by atoms with E-state index in [1.807, 2.05) is 24.3 Å². The molecule has 8 nitrogen and oxygen atoms in total. The molecule has 0 aromatic heterocycles. The zero-order valence-electron chi connectivity index (χ0n) is 18.1. The summed E-state index contributed by atoms with van der Waals surface area (Å²) < 4.78 is 65.2. The molecule has 0 spiro atoms. The number of carbonyl (C=O) groups is 1. The van der Waals surface area contributed by atoms with Crippen molar-refractivity contribution in [1.82, 2.24) is 9.62 Å². The number of phenolic OH excluding ortho intramolecular Hbond substituents is 1. The fourth-order valence-corrected chi connectivity index (χ4v) is 5.01. The highest BCUT2D eigenvalue weighted by Crippen LogP contribution is 2.30. The van der Waals surface area contributed by atoms with Gasteiger partial charge in [-0.3, -0.25) is 10.2 Å². The molecule has 2 aromatic carbocycles. The zero-order chi connectivity index (χ0) is 25.1. The largest absolute Gasteiger partial charge is 0.507 e. The molecule has 3 rings (SSSR count). The predicted molar refractivity (Wildman–Crippen MR) is 119 cm³/mol. The third-order valence-corrected chi connectivity index (χ3v) is 7.23. The molecule has 1 aliphatic rings. The van der Waals surface area contributed by atoms with Gasteiger partial charge in [0.25, 0.3) is 0 Å². The molecule has 1 saturated heterocycles. The summed E-state index contributed by atoms with van der Waals surface area (Å²) in [6.07, 6.45) is -3.62. The average molecular weight is 499 g/mol. The van der Waals surface area contributed by atoms with Gasteiger partial charge in [0.15, 0.2) is 0 Å². The number of nitrogens with zero attached hydrogens (tertiary/aromatic N) is 1. The number of nitrogens with two attached hydrogens (primary N) is 1. The number of amidine groups is 1. The van der Waals surface area contributed by atoms with E-state index >= 15 is 0 Å². The standard InChI is InChI=1S/C22H25F3N4O4S/c23-22(24,25)21(31)29-11-8-16(9-12-29)15-3-1-14(2-4-15)7-10-28-34(32,33)19-13-17(20(26)27)5-6-18(19)30/h1-6,13,16,28,30H,7-12H2,(H3,26,27). The quantitative estimate of drug-likeness (QED) is 0.343. The molecule has 0 saturated carbocycles. The Hall–Kier alpha value is -3.12. The number of piperidine rings is 1. The second kappa shape index (κ2) is 10.0. The Kier molecular flexibility index (Phi) is 7.51. The molecule has 2 aromatic rings. The molecular weight excluding hydrogens is 473 g/mol. The number of alkyl halides is 3. The van der Waals surface area contributed by atoms with Crippen LogP contribution in [0.3, 0.4) is 0 Å². The lowest BCUT2D eigenvalue weighted by atomic mass is 9.89.